The van der Waals surface area contributed by atoms with Crippen molar-refractivity contribution in [1.82, 2.24) is 0 Å². The van der Waals surface area contributed by atoms with E-state index in [1.807, 2.05) is 19.1 Å². The van der Waals surface area contributed by atoms with Crippen LogP contribution in [0.25, 0.3) is 0 Å². The largest absolute Gasteiger partial charge is 0.298 e. The Balaban J connectivity index is 0.000000191. The summed E-state index contributed by atoms with van der Waals surface area (Å²) in [6, 6.07) is 13.6. The van der Waals surface area contributed by atoms with E-state index in [2.05, 4.69) is 15.9 Å². The molecule has 2 aromatic rings. The fraction of sp³-hybridized carbons (Fsp3) is 0.0714. The Labute approximate surface area is 119 Å². The molecule has 98 valence electrons. The highest BCUT2D eigenvalue weighted by atomic mass is 79.9. The first kappa shape index (κ1) is 15.0. The first-order chi connectivity index (χ1) is 9.02. The van der Waals surface area contributed by atoms with Gasteiger partial charge in [0.15, 0.2) is 0 Å². The fourth-order valence-corrected chi connectivity index (χ4v) is 1.47. The van der Waals surface area contributed by atoms with Gasteiger partial charge in [0.2, 0.25) is 0 Å². The van der Waals surface area contributed by atoms with Crippen LogP contribution in [0.2, 0.25) is 0 Å². The predicted octanol–water partition coefficient (Wildman–Crippen LogP) is 4.16. The van der Waals surface area contributed by atoms with E-state index in [1.165, 1.54) is 12.1 Å². The second-order valence-corrected chi connectivity index (χ2v) is 4.68. The number of aldehydes is 1. The van der Waals surface area contributed by atoms with Gasteiger partial charge in [0.25, 0.3) is 5.69 Å². The smallest absolute Gasteiger partial charge is 0.269 e. The van der Waals surface area contributed by atoms with E-state index in [0.717, 1.165) is 16.3 Å². The van der Waals surface area contributed by atoms with Crippen molar-refractivity contribution in [2.45, 2.75) is 6.92 Å². The quantitative estimate of drug-likeness (QED) is 0.474. The minimum absolute atomic E-state index is 0.144. The van der Waals surface area contributed by atoms with Crippen molar-refractivity contribution in [3.63, 3.8) is 0 Å². The van der Waals surface area contributed by atoms with E-state index >= 15 is 0 Å². The number of nitro benzene ring substituents is 1. The van der Waals surface area contributed by atoms with Crippen molar-refractivity contribution in [2.24, 2.45) is 0 Å². The molecule has 2 aromatic carbocycles. The number of hydrogen-bond acceptors (Lipinski definition) is 3. The molecule has 0 fully saturated rings. The lowest BCUT2D eigenvalue weighted by atomic mass is 10.2. The molecule has 4 nitrogen and oxygen atoms in total. The number of hydrogen-bond donors (Lipinski definition) is 0. The maximum absolute atomic E-state index is 10.1. The van der Waals surface area contributed by atoms with Crippen molar-refractivity contribution < 1.29 is 9.72 Å². The summed E-state index contributed by atoms with van der Waals surface area (Å²) in [4.78, 5) is 19.8. The number of nitrogens with zero attached hydrogens (tertiary/aromatic N) is 1. The summed E-state index contributed by atoms with van der Waals surface area (Å²) in [6.07, 6.45) is 0.826. The minimum atomic E-state index is -0.403. The fourth-order valence-electron chi connectivity index (χ4n) is 1.21. The van der Waals surface area contributed by atoms with Gasteiger partial charge in [-0.2, -0.15) is 0 Å². The van der Waals surface area contributed by atoms with Crippen molar-refractivity contribution in [3.05, 3.63) is 74.2 Å². The molecule has 0 saturated carbocycles. The van der Waals surface area contributed by atoms with Crippen molar-refractivity contribution >= 4 is 27.9 Å². The van der Waals surface area contributed by atoms with Crippen LogP contribution in [-0.4, -0.2) is 11.2 Å². The summed E-state index contributed by atoms with van der Waals surface area (Å²) < 4.78 is 0.994. The third kappa shape index (κ3) is 5.44. The third-order valence-electron chi connectivity index (χ3n) is 2.25. The maximum Gasteiger partial charge on any atom is 0.269 e. The summed E-state index contributed by atoms with van der Waals surface area (Å²) in [5.74, 6) is 0. The van der Waals surface area contributed by atoms with Crippen LogP contribution in [0.3, 0.4) is 0 Å². The van der Waals surface area contributed by atoms with Crippen LogP contribution in [-0.2, 0) is 0 Å². The van der Waals surface area contributed by atoms with Crippen LogP contribution in [0, 0.1) is 17.0 Å². The molecule has 0 aromatic heterocycles. The standard InChI is InChI=1S/C7H5BrO.C7H7NO2/c8-7-3-1-6(5-9)2-4-7;1-6-2-4-7(5-3-6)8(9)10/h1-5H;2-5H,1H3. The van der Waals surface area contributed by atoms with Gasteiger partial charge in [-0.3, -0.25) is 14.9 Å². The van der Waals surface area contributed by atoms with Crippen LogP contribution in [0.5, 0.6) is 0 Å². The van der Waals surface area contributed by atoms with E-state index < -0.39 is 4.92 Å². The van der Waals surface area contributed by atoms with Gasteiger partial charge in [0, 0.05) is 22.2 Å². The normalized spacial score (nSPS) is 9.16. The van der Waals surface area contributed by atoms with E-state index in [9.17, 15) is 14.9 Å². The molecular weight excluding hydrogens is 310 g/mol. The lowest BCUT2D eigenvalue weighted by molar-refractivity contribution is -0.384. The van der Waals surface area contributed by atoms with Crippen LogP contribution >= 0.6 is 15.9 Å². The van der Waals surface area contributed by atoms with Gasteiger partial charge in [-0.1, -0.05) is 45.8 Å². The summed E-state index contributed by atoms with van der Waals surface area (Å²) in [7, 11) is 0. The molecule has 0 amide bonds. The summed E-state index contributed by atoms with van der Waals surface area (Å²) in [6.45, 7) is 1.89. The lowest BCUT2D eigenvalue weighted by Gasteiger charge is -1.90. The number of aryl methyl sites for hydroxylation is 1. The Morgan fingerprint density at radius 3 is 2.00 bits per heavy atom. The average molecular weight is 322 g/mol. The van der Waals surface area contributed by atoms with E-state index in [4.69, 9.17) is 0 Å². The number of nitro groups is 1. The van der Waals surface area contributed by atoms with Crippen LogP contribution < -0.4 is 0 Å². The van der Waals surface area contributed by atoms with Crippen LogP contribution in [0.15, 0.2) is 53.0 Å². The molecule has 0 saturated heterocycles. The molecule has 0 N–H and O–H groups in total. The maximum atomic E-state index is 10.1. The molecule has 0 spiro atoms. The number of halogens is 1. The molecule has 0 aliphatic heterocycles. The van der Waals surface area contributed by atoms with Crippen molar-refractivity contribution in [2.75, 3.05) is 0 Å². The molecule has 0 atom stereocenters. The van der Waals surface area contributed by atoms with Crippen LogP contribution in [0.4, 0.5) is 5.69 Å². The number of rotatable bonds is 2. The Morgan fingerprint density at radius 1 is 1.05 bits per heavy atom. The lowest BCUT2D eigenvalue weighted by Crippen LogP contribution is -1.86. The van der Waals surface area contributed by atoms with E-state index in [0.29, 0.717) is 5.56 Å². The first-order valence-corrected chi connectivity index (χ1v) is 6.24. The third-order valence-corrected chi connectivity index (χ3v) is 2.78. The first-order valence-electron chi connectivity index (χ1n) is 5.44. The molecule has 19 heavy (non-hydrogen) atoms. The van der Waals surface area contributed by atoms with Gasteiger partial charge in [-0.25, -0.2) is 0 Å². The van der Waals surface area contributed by atoms with Gasteiger partial charge in [0.05, 0.1) is 4.92 Å². The van der Waals surface area contributed by atoms with Crippen LogP contribution in [0.1, 0.15) is 15.9 Å². The molecule has 0 aliphatic carbocycles. The molecule has 0 heterocycles. The number of benzene rings is 2. The SMILES string of the molecule is Cc1ccc([N+](=O)[O-])cc1.O=Cc1ccc(Br)cc1. The Bertz CT molecular complexity index is 550. The zero-order chi connectivity index (χ0) is 14.3. The zero-order valence-electron chi connectivity index (χ0n) is 10.2. The number of non-ortho nitro benzene ring substituents is 1. The molecule has 0 bridgehead atoms. The molecule has 2 rings (SSSR count). The second kappa shape index (κ2) is 7.43. The molecule has 0 unspecified atom stereocenters. The molecule has 0 aliphatic rings. The summed E-state index contributed by atoms with van der Waals surface area (Å²) in [5.41, 5.74) is 1.88. The zero-order valence-corrected chi connectivity index (χ0v) is 11.8. The highest BCUT2D eigenvalue weighted by molar-refractivity contribution is 9.10. The average Bonchev–Trinajstić information content (AvgIpc) is 2.41. The van der Waals surface area contributed by atoms with Gasteiger partial charge in [0.1, 0.15) is 6.29 Å². The predicted molar refractivity (Wildman–Crippen MR) is 77.4 cm³/mol. The molecule has 0 radical (unpaired) electrons. The minimum Gasteiger partial charge on any atom is -0.298 e. The molecule has 5 heteroatoms. The van der Waals surface area contributed by atoms with Crippen molar-refractivity contribution in [1.29, 1.82) is 0 Å². The Hall–Kier alpha value is -2.01. The topological polar surface area (TPSA) is 60.2 Å². The molecular formula is C14H12BrNO3. The van der Waals surface area contributed by atoms with Gasteiger partial charge in [-0.05, 0) is 19.1 Å². The second-order valence-electron chi connectivity index (χ2n) is 3.76. The van der Waals surface area contributed by atoms with Crippen molar-refractivity contribution in [3.8, 4) is 0 Å². The highest BCUT2D eigenvalue weighted by Gasteiger charge is 2.00. The summed E-state index contributed by atoms with van der Waals surface area (Å²) >= 11 is 3.26. The highest BCUT2D eigenvalue weighted by Crippen LogP contribution is 2.10. The van der Waals surface area contributed by atoms with Gasteiger partial charge < -0.3 is 0 Å². The van der Waals surface area contributed by atoms with E-state index in [1.54, 1.807) is 24.3 Å². The summed E-state index contributed by atoms with van der Waals surface area (Å²) in [5, 5.41) is 10.1. The van der Waals surface area contributed by atoms with Gasteiger partial charge in [-0.15, -0.1) is 0 Å². The van der Waals surface area contributed by atoms with E-state index in [-0.39, 0.29) is 5.69 Å². The Morgan fingerprint density at radius 2 is 1.58 bits per heavy atom. The number of carbonyl (C=O) groups is 1. The Kier molecular flexibility index (Phi) is 5.89. The number of carbonyl (C=O) groups excluding carboxylic acids is 1. The van der Waals surface area contributed by atoms with Gasteiger partial charge >= 0.3 is 0 Å². The monoisotopic (exact) mass is 321 g/mol.